The predicted molar refractivity (Wildman–Crippen MR) is 249 cm³/mol. The maximum Gasteiger partial charge on any atom is 0.407 e. The summed E-state index contributed by atoms with van der Waals surface area (Å²) in [5.41, 5.74) is 0.535. The highest BCUT2D eigenvalue weighted by Gasteiger charge is 2.38. The molecule has 2 heterocycles. The van der Waals surface area contributed by atoms with E-state index in [9.17, 15) is 33.9 Å². The van der Waals surface area contributed by atoms with Gasteiger partial charge in [0.1, 0.15) is 22.3 Å². The second-order valence-corrected chi connectivity index (χ2v) is 19.7. The van der Waals surface area contributed by atoms with Gasteiger partial charge in [0.2, 0.25) is 11.8 Å². The number of likely N-dealkylation sites (N-methyl/N-ethyl adjacent to an activating group) is 1. The van der Waals surface area contributed by atoms with Crippen LogP contribution < -0.4 is 16.0 Å². The predicted octanol–water partition coefficient (Wildman–Crippen LogP) is 7.54. The van der Waals surface area contributed by atoms with Crippen molar-refractivity contribution in [3.8, 4) is 0 Å². The molecule has 2 aromatic rings. The fourth-order valence-corrected chi connectivity index (χ4v) is 8.92. The minimum atomic E-state index is -0.952. The van der Waals surface area contributed by atoms with Crippen molar-refractivity contribution in [3.05, 3.63) is 52.0 Å². The largest absolute Gasteiger partial charge is 0.481 e. The van der Waals surface area contributed by atoms with Crippen LogP contribution in [-0.2, 0) is 35.1 Å². The molecule has 0 unspecified atom stereocenters. The maximum absolute atomic E-state index is 14.5. The van der Waals surface area contributed by atoms with Gasteiger partial charge in [-0.3, -0.25) is 28.9 Å². The molecule has 0 saturated carbocycles. The van der Waals surface area contributed by atoms with Gasteiger partial charge in [0, 0.05) is 44.4 Å². The third-order valence-corrected chi connectivity index (χ3v) is 12.8. The number of ether oxygens (including phenoxy) is 2. The fourth-order valence-electron chi connectivity index (χ4n) is 8.08. The summed E-state index contributed by atoms with van der Waals surface area (Å²) in [6.45, 7) is 18.5. The number of amides is 4. The van der Waals surface area contributed by atoms with E-state index >= 15 is 0 Å². The summed E-state index contributed by atoms with van der Waals surface area (Å²) in [4.78, 5) is 86.9. The molecule has 4 amide bonds. The van der Waals surface area contributed by atoms with Crippen molar-refractivity contribution in [2.75, 3.05) is 26.7 Å². The Labute approximate surface area is 385 Å². The third-order valence-electron chi connectivity index (χ3n) is 11.9. The minimum absolute atomic E-state index is 0.0834. The number of piperidine rings is 1. The van der Waals surface area contributed by atoms with Crippen molar-refractivity contribution in [1.82, 2.24) is 30.7 Å². The van der Waals surface area contributed by atoms with E-state index in [-0.39, 0.29) is 48.2 Å². The SMILES string of the molecule is CC[C@H](C)[C@H](NC(=O)[C@H]1CCCCN1CCCCCCNC(=O)OC(C)(C)C)C(=O)N(C)[C@H](C[C@@H](OC(C)=O)c1nc(C(=O)N[C@@H](Cc2ccccc2)C[C@H](C)C(=O)O)cs1)C(C)C. The molecule has 0 spiro atoms. The number of benzene rings is 1. The highest BCUT2D eigenvalue weighted by molar-refractivity contribution is 7.09. The fraction of sp³-hybridized carbons (Fsp3) is 0.688. The summed E-state index contributed by atoms with van der Waals surface area (Å²) in [5, 5.41) is 20.5. The van der Waals surface area contributed by atoms with Crippen LogP contribution in [-0.4, -0.2) is 112 Å². The van der Waals surface area contributed by atoms with Crippen LogP contribution in [0, 0.1) is 17.8 Å². The van der Waals surface area contributed by atoms with Crippen LogP contribution in [0.3, 0.4) is 0 Å². The summed E-state index contributed by atoms with van der Waals surface area (Å²) < 4.78 is 11.1. The van der Waals surface area contributed by atoms with Gasteiger partial charge in [-0.25, -0.2) is 9.78 Å². The zero-order chi connectivity index (χ0) is 47.6. The van der Waals surface area contributed by atoms with E-state index in [1.54, 1.807) is 24.3 Å². The number of rotatable bonds is 25. The number of carboxylic acids is 1. The van der Waals surface area contributed by atoms with Crippen LogP contribution in [0.25, 0.3) is 0 Å². The molecule has 1 aliphatic heterocycles. The van der Waals surface area contributed by atoms with Crippen molar-refractivity contribution in [2.24, 2.45) is 17.8 Å². The lowest BCUT2D eigenvalue weighted by Gasteiger charge is -2.39. The average molecular weight is 913 g/mol. The van der Waals surface area contributed by atoms with Crippen molar-refractivity contribution >= 4 is 47.1 Å². The Bertz CT molecular complexity index is 1800. The highest BCUT2D eigenvalue weighted by atomic mass is 32.1. The molecule has 1 saturated heterocycles. The molecule has 1 aromatic carbocycles. The number of carbonyl (C=O) groups is 6. The van der Waals surface area contributed by atoms with Crippen LogP contribution in [0.4, 0.5) is 4.79 Å². The summed E-state index contributed by atoms with van der Waals surface area (Å²) in [6.07, 6.45) is 6.54. The molecule has 4 N–H and O–H groups in total. The van der Waals surface area contributed by atoms with Crippen molar-refractivity contribution in [3.63, 3.8) is 0 Å². The van der Waals surface area contributed by atoms with Crippen molar-refractivity contribution in [2.45, 2.75) is 169 Å². The average Bonchev–Trinajstić information content (AvgIpc) is 3.73. The zero-order valence-corrected chi connectivity index (χ0v) is 40.8. The van der Waals surface area contributed by atoms with Gasteiger partial charge in [0.05, 0.1) is 12.0 Å². The first kappa shape index (κ1) is 53.8. The summed E-state index contributed by atoms with van der Waals surface area (Å²) in [6, 6.07) is 7.50. The first-order valence-corrected chi connectivity index (χ1v) is 24.1. The summed E-state index contributed by atoms with van der Waals surface area (Å²) in [7, 11) is 1.72. The van der Waals surface area contributed by atoms with E-state index in [2.05, 4.69) is 25.8 Å². The normalized spacial score (nSPS) is 17.3. The van der Waals surface area contributed by atoms with E-state index in [0.29, 0.717) is 30.8 Å². The molecule has 16 heteroatoms. The Morgan fingerprint density at radius 2 is 1.66 bits per heavy atom. The van der Waals surface area contributed by atoms with Crippen LogP contribution in [0.5, 0.6) is 0 Å². The maximum atomic E-state index is 14.5. The lowest BCUT2D eigenvalue weighted by atomic mass is 9.92. The molecule has 0 bridgehead atoms. The molecular formula is C48H76N6O9S. The van der Waals surface area contributed by atoms with Gasteiger partial charge in [-0.05, 0) is 89.8 Å². The molecule has 0 aliphatic carbocycles. The number of nitrogens with one attached hydrogen (secondary N) is 3. The van der Waals surface area contributed by atoms with Gasteiger partial charge in [-0.15, -0.1) is 11.3 Å². The molecule has 1 aromatic heterocycles. The first-order valence-electron chi connectivity index (χ1n) is 23.2. The Balaban J connectivity index is 1.70. The number of nitrogens with zero attached hydrogens (tertiary/aromatic N) is 3. The zero-order valence-electron chi connectivity index (χ0n) is 39.9. The molecule has 15 nitrogen and oxygen atoms in total. The van der Waals surface area contributed by atoms with E-state index in [4.69, 9.17) is 9.47 Å². The Kier molecular flexibility index (Phi) is 22.2. The summed E-state index contributed by atoms with van der Waals surface area (Å²) in [5.74, 6) is -3.27. The number of aromatic nitrogens is 1. The molecule has 0 radical (unpaired) electrons. The molecule has 64 heavy (non-hydrogen) atoms. The number of likely N-dealkylation sites (tertiary alicyclic amines) is 1. The number of hydrogen-bond donors (Lipinski definition) is 4. The minimum Gasteiger partial charge on any atom is -0.481 e. The van der Waals surface area contributed by atoms with Crippen molar-refractivity contribution < 1.29 is 43.3 Å². The number of carbonyl (C=O) groups excluding carboxylic acids is 5. The topological polar surface area (TPSA) is 197 Å². The second kappa shape index (κ2) is 26.4. The van der Waals surface area contributed by atoms with Gasteiger partial charge >= 0.3 is 18.0 Å². The lowest BCUT2D eigenvalue weighted by Crippen LogP contribution is -2.58. The number of unbranched alkanes of at least 4 members (excludes halogenated alkanes) is 3. The summed E-state index contributed by atoms with van der Waals surface area (Å²) >= 11 is 1.18. The van der Waals surface area contributed by atoms with Crippen LogP contribution in [0.2, 0.25) is 0 Å². The molecule has 1 fully saturated rings. The highest BCUT2D eigenvalue weighted by Crippen LogP contribution is 2.31. The van der Waals surface area contributed by atoms with E-state index in [0.717, 1.165) is 57.2 Å². The smallest absolute Gasteiger partial charge is 0.407 e. The van der Waals surface area contributed by atoms with Gasteiger partial charge in [0.15, 0.2) is 6.10 Å². The lowest BCUT2D eigenvalue weighted by molar-refractivity contribution is -0.149. The molecule has 7 atom stereocenters. The monoisotopic (exact) mass is 913 g/mol. The molecular weight excluding hydrogens is 837 g/mol. The van der Waals surface area contributed by atoms with Crippen LogP contribution in [0.1, 0.15) is 154 Å². The number of alkyl carbamates (subject to hydrolysis) is 1. The number of esters is 1. The number of hydrogen-bond acceptors (Lipinski definition) is 11. The molecule has 1 aliphatic rings. The van der Waals surface area contributed by atoms with Gasteiger partial charge in [-0.2, -0.15) is 0 Å². The second-order valence-electron chi connectivity index (χ2n) is 18.8. The van der Waals surface area contributed by atoms with Crippen LogP contribution in [0.15, 0.2) is 35.7 Å². The van der Waals surface area contributed by atoms with Crippen molar-refractivity contribution in [1.29, 1.82) is 0 Å². The van der Waals surface area contributed by atoms with Crippen LogP contribution >= 0.6 is 11.3 Å². The quantitative estimate of drug-likeness (QED) is 0.0568. The first-order chi connectivity index (χ1) is 30.2. The van der Waals surface area contributed by atoms with Gasteiger partial charge in [-0.1, -0.05) is 90.6 Å². The Morgan fingerprint density at radius 1 is 0.969 bits per heavy atom. The van der Waals surface area contributed by atoms with Gasteiger partial charge < -0.3 is 35.4 Å². The molecule has 358 valence electrons. The standard InChI is InChI=1S/C48H76N6O9S/c1-11-32(4)41(52-43(57)38-23-17-20-26-54(38)25-19-13-12-18-24-49-47(61)63-48(7,8)9)45(58)53(10)39(31(2)3)29-40(62-34(6)55)44-51-37(30-64-44)42(56)50-36(27-33(5)46(59)60)28-35-21-15-14-16-22-35/h14-16,21-22,30-33,36,38-41H,11-13,17-20,23-29H2,1-10H3,(H,49,61)(H,50,56)(H,52,57)(H,59,60)/t32-,33-,36+,38+,39+,40+,41-/m0/s1. The Hall–Kier alpha value is -4.57. The van der Waals surface area contributed by atoms with E-state index in [1.807, 2.05) is 78.8 Å². The number of aliphatic carboxylic acids is 1. The number of thiazole rings is 1. The molecule has 3 rings (SSSR count). The van der Waals surface area contributed by atoms with Gasteiger partial charge in [0.25, 0.3) is 5.91 Å². The Morgan fingerprint density at radius 3 is 2.28 bits per heavy atom. The van der Waals surface area contributed by atoms with E-state index < -0.39 is 59.7 Å². The number of carboxylic acid groups (broad SMARTS) is 1. The third kappa shape index (κ3) is 18.1. The van der Waals surface area contributed by atoms with E-state index in [1.165, 1.54) is 18.3 Å².